The lowest BCUT2D eigenvalue weighted by Gasteiger charge is -2.06. The Morgan fingerprint density at radius 3 is 2.83 bits per heavy atom. The van der Waals surface area contributed by atoms with Crippen LogP contribution in [0.4, 0.5) is 5.69 Å². The van der Waals surface area contributed by atoms with Gasteiger partial charge >= 0.3 is 0 Å². The molecule has 0 saturated heterocycles. The quantitative estimate of drug-likeness (QED) is 0.770. The van der Waals surface area contributed by atoms with Crippen LogP contribution in [-0.4, -0.2) is 45.8 Å². The van der Waals surface area contributed by atoms with Crippen molar-refractivity contribution in [3.63, 3.8) is 0 Å². The number of rotatable bonds is 5. The first-order valence-corrected chi connectivity index (χ1v) is 7.42. The number of carbonyl (C=O) groups excluding carboxylic acids is 2. The van der Waals surface area contributed by atoms with E-state index in [9.17, 15) is 9.59 Å². The van der Waals surface area contributed by atoms with Crippen LogP contribution in [-0.2, 0) is 11.3 Å². The topological polar surface area (TPSA) is 93.3 Å². The van der Waals surface area contributed by atoms with E-state index in [2.05, 4.69) is 15.6 Å². The Morgan fingerprint density at radius 2 is 2.12 bits per heavy atom. The van der Waals surface area contributed by atoms with Crippen molar-refractivity contribution in [1.82, 2.24) is 19.9 Å². The number of aromatic nitrogens is 3. The molecule has 8 heteroatoms. The fourth-order valence-corrected chi connectivity index (χ4v) is 2.24. The standard InChI is InChI=1S/C16H17N5O3/c1-20(2)16(23)14-10-11-9-12(3-4-13(11)24-14)18-15(22)5-7-21-8-6-17-19-21/h3-4,6,8-10H,5,7H2,1-2H3,(H,18,22). The van der Waals surface area contributed by atoms with Gasteiger partial charge in [0.1, 0.15) is 5.58 Å². The summed E-state index contributed by atoms with van der Waals surface area (Å²) in [6.45, 7) is 0.460. The summed E-state index contributed by atoms with van der Waals surface area (Å²) in [6.07, 6.45) is 3.56. The molecule has 0 aliphatic rings. The number of aryl methyl sites for hydroxylation is 1. The third-order valence-corrected chi connectivity index (χ3v) is 3.46. The zero-order chi connectivity index (χ0) is 17.1. The maximum absolute atomic E-state index is 12.0. The maximum atomic E-state index is 12.0. The van der Waals surface area contributed by atoms with Gasteiger partial charge in [0, 0.05) is 37.8 Å². The fourth-order valence-electron chi connectivity index (χ4n) is 2.24. The van der Waals surface area contributed by atoms with Crippen LogP contribution in [0.2, 0.25) is 0 Å². The van der Waals surface area contributed by atoms with Crippen molar-refractivity contribution in [2.75, 3.05) is 19.4 Å². The lowest BCUT2D eigenvalue weighted by molar-refractivity contribution is -0.116. The molecule has 0 atom stereocenters. The molecule has 24 heavy (non-hydrogen) atoms. The molecule has 0 spiro atoms. The van der Waals surface area contributed by atoms with Crippen LogP contribution in [0.25, 0.3) is 11.0 Å². The highest BCUT2D eigenvalue weighted by atomic mass is 16.3. The molecular formula is C16H17N5O3. The van der Waals surface area contributed by atoms with Crippen molar-refractivity contribution in [1.29, 1.82) is 0 Å². The number of hydrogen-bond donors (Lipinski definition) is 1. The molecule has 0 radical (unpaired) electrons. The number of furan rings is 1. The minimum atomic E-state index is -0.204. The van der Waals surface area contributed by atoms with Crippen LogP contribution in [0.5, 0.6) is 0 Å². The molecule has 2 heterocycles. The molecule has 124 valence electrons. The summed E-state index contributed by atoms with van der Waals surface area (Å²) in [5.74, 6) is -0.0628. The Balaban J connectivity index is 1.68. The summed E-state index contributed by atoms with van der Waals surface area (Å²) in [4.78, 5) is 25.4. The van der Waals surface area contributed by atoms with E-state index in [1.165, 1.54) is 4.90 Å². The van der Waals surface area contributed by atoms with E-state index in [-0.39, 0.29) is 24.0 Å². The number of nitrogens with one attached hydrogen (secondary N) is 1. The van der Waals surface area contributed by atoms with Gasteiger partial charge in [-0.15, -0.1) is 5.10 Å². The van der Waals surface area contributed by atoms with Crippen molar-refractivity contribution in [2.45, 2.75) is 13.0 Å². The van der Waals surface area contributed by atoms with Gasteiger partial charge in [0.15, 0.2) is 5.76 Å². The molecule has 1 aromatic carbocycles. The first kappa shape index (κ1) is 15.7. The van der Waals surface area contributed by atoms with E-state index >= 15 is 0 Å². The number of nitrogens with zero attached hydrogens (tertiary/aromatic N) is 4. The summed E-state index contributed by atoms with van der Waals surface area (Å²) in [6, 6.07) is 6.92. The van der Waals surface area contributed by atoms with Gasteiger partial charge < -0.3 is 14.6 Å². The van der Waals surface area contributed by atoms with Crippen molar-refractivity contribution in [3.05, 3.63) is 42.4 Å². The molecule has 0 saturated carbocycles. The lowest BCUT2D eigenvalue weighted by atomic mass is 10.2. The molecule has 3 aromatic rings. The van der Waals surface area contributed by atoms with Gasteiger partial charge in [0.2, 0.25) is 5.91 Å². The van der Waals surface area contributed by atoms with Crippen molar-refractivity contribution >= 4 is 28.5 Å². The molecule has 1 N–H and O–H groups in total. The van der Waals surface area contributed by atoms with Gasteiger partial charge in [-0.05, 0) is 24.3 Å². The van der Waals surface area contributed by atoms with Gasteiger partial charge in [0.25, 0.3) is 5.91 Å². The van der Waals surface area contributed by atoms with E-state index in [1.54, 1.807) is 55.4 Å². The van der Waals surface area contributed by atoms with E-state index < -0.39 is 0 Å². The van der Waals surface area contributed by atoms with Gasteiger partial charge in [-0.3, -0.25) is 14.3 Å². The third-order valence-electron chi connectivity index (χ3n) is 3.46. The second kappa shape index (κ2) is 6.53. The summed E-state index contributed by atoms with van der Waals surface area (Å²) in [5.41, 5.74) is 1.25. The Kier molecular flexibility index (Phi) is 4.28. The molecule has 2 aromatic heterocycles. The predicted molar refractivity (Wildman–Crippen MR) is 87.5 cm³/mol. The zero-order valence-electron chi connectivity index (χ0n) is 13.4. The maximum Gasteiger partial charge on any atom is 0.289 e. The molecule has 0 fully saturated rings. The molecule has 8 nitrogen and oxygen atoms in total. The molecule has 0 bridgehead atoms. The minimum Gasteiger partial charge on any atom is -0.451 e. The Labute approximate surface area is 138 Å². The van der Waals surface area contributed by atoms with Crippen LogP contribution in [0.1, 0.15) is 17.0 Å². The summed E-state index contributed by atoms with van der Waals surface area (Å²) in [5, 5.41) is 11.1. The Hall–Kier alpha value is -3.16. The number of benzene rings is 1. The van der Waals surface area contributed by atoms with Crippen molar-refractivity contribution < 1.29 is 14.0 Å². The second-order valence-electron chi connectivity index (χ2n) is 5.53. The average Bonchev–Trinajstić information content (AvgIpc) is 3.21. The number of fused-ring (bicyclic) bond motifs is 1. The lowest BCUT2D eigenvalue weighted by Crippen LogP contribution is -2.20. The minimum absolute atomic E-state index is 0.127. The van der Waals surface area contributed by atoms with Gasteiger partial charge in [0.05, 0.1) is 12.7 Å². The predicted octanol–water partition coefficient (Wildman–Crippen LogP) is 1.75. The summed E-state index contributed by atoms with van der Waals surface area (Å²) in [7, 11) is 3.33. The highest BCUT2D eigenvalue weighted by Crippen LogP contribution is 2.23. The van der Waals surface area contributed by atoms with E-state index in [0.29, 0.717) is 17.8 Å². The summed E-state index contributed by atoms with van der Waals surface area (Å²) < 4.78 is 7.12. The largest absolute Gasteiger partial charge is 0.451 e. The van der Waals surface area contributed by atoms with Crippen molar-refractivity contribution in [3.8, 4) is 0 Å². The molecule has 0 unspecified atom stereocenters. The highest BCUT2D eigenvalue weighted by molar-refractivity contribution is 5.98. The fraction of sp³-hybridized carbons (Fsp3) is 0.250. The van der Waals surface area contributed by atoms with Crippen LogP contribution in [0.15, 0.2) is 41.1 Å². The molecule has 0 aliphatic carbocycles. The van der Waals surface area contributed by atoms with Crippen LogP contribution in [0, 0.1) is 0 Å². The van der Waals surface area contributed by atoms with Gasteiger partial charge in [-0.25, -0.2) is 0 Å². The first-order valence-electron chi connectivity index (χ1n) is 7.42. The normalized spacial score (nSPS) is 10.8. The smallest absolute Gasteiger partial charge is 0.289 e. The van der Waals surface area contributed by atoms with Crippen molar-refractivity contribution in [2.24, 2.45) is 0 Å². The van der Waals surface area contributed by atoms with E-state index in [1.807, 2.05) is 0 Å². The van der Waals surface area contributed by atoms with E-state index in [4.69, 9.17) is 4.42 Å². The van der Waals surface area contributed by atoms with Crippen LogP contribution >= 0.6 is 0 Å². The molecule has 3 rings (SSSR count). The molecule has 0 aliphatic heterocycles. The average molecular weight is 327 g/mol. The zero-order valence-corrected chi connectivity index (χ0v) is 13.4. The third kappa shape index (κ3) is 3.43. The van der Waals surface area contributed by atoms with Crippen LogP contribution < -0.4 is 5.32 Å². The number of hydrogen-bond acceptors (Lipinski definition) is 5. The first-order chi connectivity index (χ1) is 11.5. The molecule has 2 amide bonds. The highest BCUT2D eigenvalue weighted by Gasteiger charge is 2.14. The Morgan fingerprint density at radius 1 is 1.29 bits per heavy atom. The molecular weight excluding hydrogens is 310 g/mol. The monoisotopic (exact) mass is 327 g/mol. The SMILES string of the molecule is CN(C)C(=O)c1cc2cc(NC(=O)CCn3ccnn3)ccc2o1. The van der Waals surface area contributed by atoms with Gasteiger partial charge in [-0.1, -0.05) is 5.21 Å². The second-order valence-corrected chi connectivity index (χ2v) is 5.53. The summed E-state index contributed by atoms with van der Waals surface area (Å²) >= 11 is 0. The van der Waals surface area contributed by atoms with Gasteiger partial charge in [-0.2, -0.15) is 0 Å². The van der Waals surface area contributed by atoms with Crippen LogP contribution in [0.3, 0.4) is 0 Å². The van der Waals surface area contributed by atoms with E-state index in [0.717, 1.165) is 5.39 Å². The number of anilines is 1. The number of carbonyl (C=O) groups is 2. The number of amides is 2. The Bertz CT molecular complexity index is 867.